The Kier molecular flexibility index (Phi) is 5.11. The highest BCUT2D eigenvalue weighted by Gasteiger charge is 2.45. The van der Waals surface area contributed by atoms with Gasteiger partial charge in [-0.25, -0.2) is 8.42 Å². The van der Waals surface area contributed by atoms with E-state index in [1.165, 1.54) is 4.90 Å². The minimum Gasteiger partial charge on any atom is -0.457 e. The summed E-state index contributed by atoms with van der Waals surface area (Å²) < 4.78 is 31.3. The molecule has 1 atom stereocenters. The van der Waals surface area contributed by atoms with Crippen LogP contribution < -0.4 is 9.64 Å². The largest absolute Gasteiger partial charge is 0.457 e. The summed E-state index contributed by atoms with van der Waals surface area (Å²) in [7, 11) is -3.64. The fraction of sp³-hybridized carbons (Fsp3) is 0.174. The van der Waals surface area contributed by atoms with Crippen molar-refractivity contribution in [1.29, 1.82) is 0 Å². The molecular formula is C23H21NO4S. The standard InChI is InChI=1S/C23H21NO4S/c1-2-17-8-12-19(13-9-17)24-22(25)16-29(26,27)23(24)18-10-14-21(15-11-18)28-20-6-4-3-5-7-20/h3-15,23H,2,16H2,1H3/t23-/m0/s1. The van der Waals surface area contributed by atoms with E-state index in [0.29, 0.717) is 22.7 Å². The molecule has 1 fully saturated rings. The predicted molar refractivity (Wildman–Crippen MR) is 113 cm³/mol. The van der Waals surface area contributed by atoms with Crippen molar-refractivity contribution in [2.45, 2.75) is 18.7 Å². The van der Waals surface area contributed by atoms with Crippen LogP contribution in [0, 0.1) is 0 Å². The Labute approximate surface area is 170 Å². The molecule has 0 radical (unpaired) electrons. The Bertz CT molecular complexity index is 1110. The first-order chi connectivity index (χ1) is 14.0. The Balaban J connectivity index is 1.65. The van der Waals surface area contributed by atoms with Crippen LogP contribution in [0.5, 0.6) is 11.5 Å². The molecule has 148 valence electrons. The zero-order chi connectivity index (χ0) is 20.4. The number of para-hydroxylation sites is 1. The van der Waals surface area contributed by atoms with Crippen LogP contribution in [0.3, 0.4) is 0 Å². The van der Waals surface area contributed by atoms with Gasteiger partial charge in [0.15, 0.2) is 15.2 Å². The van der Waals surface area contributed by atoms with E-state index in [-0.39, 0.29) is 0 Å². The summed E-state index contributed by atoms with van der Waals surface area (Å²) in [6.07, 6.45) is 0.874. The van der Waals surface area contributed by atoms with Gasteiger partial charge >= 0.3 is 0 Å². The van der Waals surface area contributed by atoms with Gasteiger partial charge in [0.2, 0.25) is 5.91 Å². The molecule has 0 bridgehead atoms. The number of benzene rings is 3. The number of hydrogen-bond acceptors (Lipinski definition) is 4. The van der Waals surface area contributed by atoms with Gasteiger partial charge in [-0.2, -0.15) is 0 Å². The Morgan fingerprint density at radius 3 is 2.14 bits per heavy atom. The SMILES string of the molecule is CCc1ccc(N2C(=O)CS(=O)(=O)[C@H]2c2ccc(Oc3ccccc3)cc2)cc1. The van der Waals surface area contributed by atoms with Gasteiger partial charge in [-0.15, -0.1) is 0 Å². The molecule has 0 saturated carbocycles. The second kappa shape index (κ2) is 7.72. The van der Waals surface area contributed by atoms with Gasteiger partial charge in [-0.3, -0.25) is 9.69 Å². The van der Waals surface area contributed by atoms with Crippen LogP contribution in [0.4, 0.5) is 5.69 Å². The van der Waals surface area contributed by atoms with Gasteiger partial charge in [0.25, 0.3) is 0 Å². The first-order valence-electron chi connectivity index (χ1n) is 9.43. The summed E-state index contributed by atoms with van der Waals surface area (Å²) in [5.74, 6) is 0.390. The normalized spacial score (nSPS) is 18.0. The molecule has 1 heterocycles. The molecule has 1 amide bonds. The van der Waals surface area contributed by atoms with E-state index in [0.717, 1.165) is 12.0 Å². The van der Waals surface area contributed by atoms with Crippen LogP contribution in [-0.4, -0.2) is 20.1 Å². The van der Waals surface area contributed by atoms with Crippen LogP contribution in [0.25, 0.3) is 0 Å². The monoisotopic (exact) mass is 407 g/mol. The van der Waals surface area contributed by atoms with Crippen LogP contribution in [0.1, 0.15) is 23.4 Å². The maximum absolute atomic E-state index is 12.8. The maximum Gasteiger partial charge on any atom is 0.243 e. The average Bonchev–Trinajstić information content (AvgIpc) is 2.97. The minimum atomic E-state index is -3.64. The van der Waals surface area contributed by atoms with Gasteiger partial charge in [-0.05, 0) is 53.9 Å². The zero-order valence-electron chi connectivity index (χ0n) is 16.0. The number of amides is 1. The summed E-state index contributed by atoms with van der Waals surface area (Å²) in [5, 5.41) is -1.03. The van der Waals surface area contributed by atoms with Crippen LogP contribution in [0.2, 0.25) is 0 Å². The third-order valence-corrected chi connectivity index (χ3v) is 6.75. The molecule has 29 heavy (non-hydrogen) atoms. The van der Waals surface area contributed by atoms with E-state index in [4.69, 9.17) is 4.74 Å². The summed E-state index contributed by atoms with van der Waals surface area (Å²) in [4.78, 5) is 13.9. The van der Waals surface area contributed by atoms with Crippen molar-refractivity contribution in [3.05, 3.63) is 90.0 Å². The Morgan fingerprint density at radius 2 is 1.52 bits per heavy atom. The maximum atomic E-state index is 12.8. The molecule has 0 spiro atoms. The number of nitrogens with zero attached hydrogens (tertiary/aromatic N) is 1. The molecule has 0 aromatic heterocycles. The zero-order valence-corrected chi connectivity index (χ0v) is 16.8. The third-order valence-electron chi connectivity index (χ3n) is 4.93. The number of ether oxygens (including phenoxy) is 1. The first-order valence-corrected chi connectivity index (χ1v) is 11.1. The van der Waals surface area contributed by atoms with Crippen molar-refractivity contribution in [3.8, 4) is 11.5 Å². The molecule has 0 aliphatic carbocycles. The molecule has 0 N–H and O–H groups in total. The molecule has 4 rings (SSSR count). The third kappa shape index (κ3) is 3.89. The Morgan fingerprint density at radius 1 is 0.897 bits per heavy atom. The van der Waals surface area contributed by atoms with Gasteiger partial charge in [0.1, 0.15) is 17.3 Å². The van der Waals surface area contributed by atoms with Gasteiger partial charge in [0, 0.05) is 5.69 Å². The molecule has 1 saturated heterocycles. The second-order valence-corrected chi connectivity index (χ2v) is 8.99. The Hall–Kier alpha value is -3.12. The average molecular weight is 407 g/mol. The highest BCUT2D eigenvalue weighted by Crippen LogP contribution is 2.38. The lowest BCUT2D eigenvalue weighted by Gasteiger charge is -2.24. The fourth-order valence-electron chi connectivity index (χ4n) is 3.47. The molecule has 0 unspecified atom stereocenters. The van der Waals surface area contributed by atoms with Crippen molar-refractivity contribution in [2.75, 3.05) is 10.7 Å². The molecule has 1 aliphatic rings. The molecule has 3 aromatic rings. The number of anilines is 1. The lowest BCUT2D eigenvalue weighted by atomic mass is 10.1. The lowest BCUT2D eigenvalue weighted by Crippen LogP contribution is -2.29. The van der Waals surface area contributed by atoms with Crippen molar-refractivity contribution < 1.29 is 17.9 Å². The summed E-state index contributed by atoms with van der Waals surface area (Å²) in [6, 6.07) is 23.6. The summed E-state index contributed by atoms with van der Waals surface area (Å²) in [5.41, 5.74) is 2.25. The van der Waals surface area contributed by atoms with Gasteiger partial charge in [0.05, 0.1) is 0 Å². The number of rotatable bonds is 5. The highest BCUT2D eigenvalue weighted by molar-refractivity contribution is 7.93. The fourth-order valence-corrected chi connectivity index (χ4v) is 5.24. The van der Waals surface area contributed by atoms with Gasteiger partial charge in [-0.1, -0.05) is 49.4 Å². The van der Waals surface area contributed by atoms with Crippen LogP contribution in [0.15, 0.2) is 78.9 Å². The van der Waals surface area contributed by atoms with Crippen molar-refractivity contribution >= 4 is 21.4 Å². The number of hydrogen-bond donors (Lipinski definition) is 0. The van der Waals surface area contributed by atoms with E-state index >= 15 is 0 Å². The summed E-state index contributed by atoms with van der Waals surface area (Å²) >= 11 is 0. The quantitative estimate of drug-likeness (QED) is 0.625. The smallest absolute Gasteiger partial charge is 0.243 e. The number of carbonyl (C=O) groups is 1. The van der Waals surface area contributed by atoms with E-state index in [1.54, 1.807) is 36.4 Å². The molecule has 3 aromatic carbocycles. The topological polar surface area (TPSA) is 63.7 Å². The molecule has 6 heteroatoms. The van der Waals surface area contributed by atoms with E-state index < -0.39 is 26.9 Å². The van der Waals surface area contributed by atoms with Gasteiger partial charge < -0.3 is 4.74 Å². The molecule has 1 aliphatic heterocycles. The lowest BCUT2D eigenvalue weighted by molar-refractivity contribution is -0.115. The van der Waals surface area contributed by atoms with Crippen molar-refractivity contribution in [1.82, 2.24) is 0 Å². The van der Waals surface area contributed by atoms with E-state index in [9.17, 15) is 13.2 Å². The summed E-state index contributed by atoms with van der Waals surface area (Å²) in [6.45, 7) is 2.04. The van der Waals surface area contributed by atoms with E-state index in [2.05, 4.69) is 0 Å². The van der Waals surface area contributed by atoms with E-state index in [1.807, 2.05) is 49.4 Å². The van der Waals surface area contributed by atoms with Crippen LogP contribution >= 0.6 is 0 Å². The number of carbonyl (C=O) groups excluding carboxylic acids is 1. The minimum absolute atomic E-state index is 0.413. The van der Waals surface area contributed by atoms with Crippen molar-refractivity contribution in [2.24, 2.45) is 0 Å². The number of aryl methyl sites for hydroxylation is 1. The van der Waals surface area contributed by atoms with Crippen LogP contribution in [-0.2, 0) is 21.1 Å². The first kappa shape index (κ1) is 19.2. The highest BCUT2D eigenvalue weighted by atomic mass is 32.2. The second-order valence-electron chi connectivity index (χ2n) is 6.93. The predicted octanol–water partition coefficient (Wildman–Crippen LogP) is 4.50. The van der Waals surface area contributed by atoms with Crippen molar-refractivity contribution in [3.63, 3.8) is 0 Å². The molecular weight excluding hydrogens is 386 g/mol. The number of sulfone groups is 1. The molecule has 5 nitrogen and oxygen atoms in total.